The van der Waals surface area contributed by atoms with Crippen molar-refractivity contribution in [2.45, 2.75) is 26.8 Å². The molecule has 1 aromatic rings. The zero-order valence-corrected chi connectivity index (χ0v) is 9.45. The zero-order chi connectivity index (χ0) is 11.3. The van der Waals surface area contributed by atoms with Crippen LogP contribution in [0.4, 0.5) is 5.82 Å². The van der Waals surface area contributed by atoms with E-state index in [0.29, 0.717) is 24.9 Å². The molecule has 3 N–H and O–H groups in total. The Hall–Kier alpha value is -1.36. The third-order valence-corrected chi connectivity index (χ3v) is 1.71. The standard InChI is InChI=1S/C10H18N4O/c1-4-15-10-5-9(12-6-7(2)11)13-8(3)14-10/h5,7H,4,6,11H2,1-3H3,(H,12,13,14). The van der Waals surface area contributed by atoms with Crippen LogP contribution in [0.15, 0.2) is 6.07 Å². The first kappa shape index (κ1) is 11.7. The summed E-state index contributed by atoms with van der Waals surface area (Å²) in [5.74, 6) is 2.04. The summed E-state index contributed by atoms with van der Waals surface area (Å²) in [6.07, 6.45) is 0. The highest BCUT2D eigenvalue weighted by Crippen LogP contribution is 2.12. The van der Waals surface area contributed by atoms with Crippen LogP contribution in [0.3, 0.4) is 0 Å². The van der Waals surface area contributed by atoms with E-state index >= 15 is 0 Å². The third-order valence-electron chi connectivity index (χ3n) is 1.71. The highest BCUT2D eigenvalue weighted by atomic mass is 16.5. The fraction of sp³-hybridized carbons (Fsp3) is 0.600. The summed E-state index contributed by atoms with van der Waals surface area (Å²) < 4.78 is 5.31. The highest BCUT2D eigenvalue weighted by molar-refractivity contribution is 5.38. The SMILES string of the molecule is CCOc1cc(NCC(C)N)nc(C)n1. The number of rotatable bonds is 5. The van der Waals surface area contributed by atoms with Crippen molar-refractivity contribution in [1.29, 1.82) is 0 Å². The Kier molecular flexibility index (Phi) is 4.30. The van der Waals surface area contributed by atoms with E-state index in [0.717, 1.165) is 5.82 Å². The van der Waals surface area contributed by atoms with Gasteiger partial charge in [-0.05, 0) is 20.8 Å². The van der Waals surface area contributed by atoms with Crippen molar-refractivity contribution >= 4 is 5.82 Å². The summed E-state index contributed by atoms with van der Waals surface area (Å²) in [6.45, 7) is 6.97. The van der Waals surface area contributed by atoms with Gasteiger partial charge in [0.1, 0.15) is 11.6 Å². The molecule has 0 aliphatic rings. The van der Waals surface area contributed by atoms with Crippen LogP contribution in [0.2, 0.25) is 0 Å². The Morgan fingerprint density at radius 2 is 2.27 bits per heavy atom. The van der Waals surface area contributed by atoms with Crippen molar-refractivity contribution in [1.82, 2.24) is 9.97 Å². The second-order valence-corrected chi connectivity index (χ2v) is 3.43. The van der Waals surface area contributed by atoms with Crippen LogP contribution in [-0.4, -0.2) is 29.2 Å². The molecule has 1 rings (SSSR count). The first-order chi connectivity index (χ1) is 7.11. The molecule has 0 radical (unpaired) electrons. The molecule has 0 saturated carbocycles. The number of anilines is 1. The fourth-order valence-electron chi connectivity index (χ4n) is 1.12. The van der Waals surface area contributed by atoms with E-state index in [1.54, 1.807) is 6.07 Å². The molecular weight excluding hydrogens is 192 g/mol. The molecule has 0 fully saturated rings. The lowest BCUT2D eigenvalue weighted by Crippen LogP contribution is -2.25. The molecule has 0 amide bonds. The Bertz CT molecular complexity index is 314. The number of nitrogens with one attached hydrogen (secondary N) is 1. The minimum Gasteiger partial charge on any atom is -0.478 e. The number of aryl methyl sites for hydroxylation is 1. The summed E-state index contributed by atoms with van der Waals surface area (Å²) in [5, 5.41) is 3.13. The minimum absolute atomic E-state index is 0.0933. The monoisotopic (exact) mass is 210 g/mol. The fourth-order valence-corrected chi connectivity index (χ4v) is 1.12. The molecule has 15 heavy (non-hydrogen) atoms. The van der Waals surface area contributed by atoms with Gasteiger partial charge in [-0.3, -0.25) is 0 Å². The lowest BCUT2D eigenvalue weighted by Gasteiger charge is -2.10. The van der Waals surface area contributed by atoms with Crippen LogP contribution >= 0.6 is 0 Å². The molecule has 1 heterocycles. The van der Waals surface area contributed by atoms with Crippen LogP contribution in [0.1, 0.15) is 19.7 Å². The van der Waals surface area contributed by atoms with Gasteiger partial charge in [-0.1, -0.05) is 0 Å². The van der Waals surface area contributed by atoms with Crippen molar-refractivity contribution < 1.29 is 4.74 Å². The maximum absolute atomic E-state index is 5.64. The van der Waals surface area contributed by atoms with Gasteiger partial charge in [0, 0.05) is 18.7 Å². The van der Waals surface area contributed by atoms with Gasteiger partial charge in [0.15, 0.2) is 0 Å². The Labute approximate surface area is 90.1 Å². The molecule has 0 spiro atoms. The lowest BCUT2D eigenvalue weighted by atomic mass is 10.3. The number of aromatic nitrogens is 2. The highest BCUT2D eigenvalue weighted by Gasteiger charge is 2.02. The van der Waals surface area contributed by atoms with Crippen molar-refractivity contribution in [3.05, 3.63) is 11.9 Å². The molecule has 1 unspecified atom stereocenters. The summed E-state index contributed by atoms with van der Waals surface area (Å²) in [4.78, 5) is 8.38. The topological polar surface area (TPSA) is 73.1 Å². The zero-order valence-electron chi connectivity index (χ0n) is 9.45. The second kappa shape index (κ2) is 5.50. The Morgan fingerprint density at radius 3 is 2.87 bits per heavy atom. The number of hydrogen-bond acceptors (Lipinski definition) is 5. The normalized spacial score (nSPS) is 12.3. The molecule has 5 heteroatoms. The maximum Gasteiger partial charge on any atom is 0.218 e. The predicted octanol–water partition coefficient (Wildman–Crippen LogP) is 0.943. The van der Waals surface area contributed by atoms with Crippen LogP contribution in [0, 0.1) is 6.92 Å². The van der Waals surface area contributed by atoms with E-state index in [9.17, 15) is 0 Å². The van der Waals surface area contributed by atoms with Crippen molar-refractivity contribution in [3.63, 3.8) is 0 Å². The van der Waals surface area contributed by atoms with Gasteiger partial charge in [-0.15, -0.1) is 0 Å². The van der Waals surface area contributed by atoms with Gasteiger partial charge in [-0.25, -0.2) is 4.98 Å². The average Bonchev–Trinajstić information content (AvgIpc) is 2.14. The van der Waals surface area contributed by atoms with E-state index in [-0.39, 0.29) is 6.04 Å². The third kappa shape index (κ3) is 4.12. The summed E-state index contributed by atoms with van der Waals surface area (Å²) in [6, 6.07) is 1.87. The quantitative estimate of drug-likeness (QED) is 0.756. The van der Waals surface area contributed by atoms with Gasteiger partial charge < -0.3 is 15.8 Å². The van der Waals surface area contributed by atoms with Gasteiger partial charge >= 0.3 is 0 Å². The van der Waals surface area contributed by atoms with Gasteiger partial charge in [0.25, 0.3) is 0 Å². The van der Waals surface area contributed by atoms with E-state index in [1.807, 2.05) is 20.8 Å². The summed E-state index contributed by atoms with van der Waals surface area (Å²) >= 11 is 0. The Morgan fingerprint density at radius 1 is 1.53 bits per heavy atom. The van der Waals surface area contributed by atoms with Crippen molar-refractivity contribution in [3.8, 4) is 5.88 Å². The number of nitrogens with two attached hydrogens (primary N) is 1. The van der Waals surface area contributed by atoms with E-state index in [2.05, 4.69) is 15.3 Å². The van der Waals surface area contributed by atoms with Gasteiger partial charge in [0.05, 0.1) is 6.61 Å². The minimum atomic E-state index is 0.0933. The van der Waals surface area contributed by atoms with Crippen molar-refractivity contribution in [2.24, 2.45) is 5.73 Å². The summed E-state index contributed by atoms with van der Waals surface area (Å²) in [7, 11) is 0. The van der Waals surface area contributed by atoms with Gasteiger partial charge in [0.2, 0.25) is 5.88 Å². The first-order valence-corrected chi connectivity index (χ1v) is 5.09. The molecule has 1 atom stereocenters. The molecule has 1 aromatic heterocycles. The van der Waals surface area contributed by atoms with Crippen LogP contribution in [0.5, 0.6) is 5.88 Å². The summed E-state index contributed by atoms with van der Waals surface area (Å²) in [5.41, 5.74) is 5.64. The smallest absolute Gasteiger partial charge is 0.218 e. The molecule has 5 nitrogen and oxygen atoms in total. The lowest BCUT2D eigenvalue weighted by molar-refractivity contribution is 0.325. The van der Waals surface area contributed by atoms with Crippen LogP contribution in [0.25, 0.3) is 0 Å². The molecule has 0 aromatic carbocycles. The number of hydrogen-bond donors (Lipinski definition) is 2. The van der Waals surface area contributed by atoms with Crippen molar-refractivity contribution in [2.75, 3.05) is 18.5 Å². The molecule has 84 valence electrons. The second-order valence-electron chi connectivity index (χ2n) is 3.43. The molecule has 0 saturated heterocycles. The molecule has 0 aliphatic carbocycles. The first-order valence-electron chi connectivity index (χ1n) is 5.09. The van der Waals surface area contributed by atoms with E-state index < -0.39 is 0 Å². The maximum atomic E-state index is 5.64. The Balaban J connectivity index is 2.70. The number of nitrogens with zero attached hydrogens (tertiary/aromatic N) is 2. The van der Waals surface area contributed by atoms with Gasteiger partial charge in [-0.2, -0.15) is 4.98 Å². The number of ether oxygens (including phenoxy) is 1. The predicted molar refractivity (Wildman–Crippen MR) is 60.1 cm³/mol. The molecular formula is C10H18N4O. The molecule has 0 bridgehead atoms. The van der Waals surface area contributed by atoms with Crippen LogP contribution < -0.4 is 15.8 Å². The average molecular weight is 210 g/mol. The van der Waals surface area contributed by atoms with E-state index in [1.165, 1.54) is 0 Å². The molecule has 0 aliphatic heterocycles. The largest absolute Gasteiger partial charge is 0.478 e. The van der Waals surface area contributed by atoms with Crippen LogP contribution in [-0.2, 0) is 0 Å². The van der Waals surface area contributed by atoms with E-state index in [4.69, 9.17) is 10.5 Å².